The van der Waals surface area contributed by atoms with E-state index in [9.17, 15) is 0 Å². The number of rotatable bonds is 13. The minimum absolute atomic E-state index is 0.965. The predicted molar refractivity (Wildman–Crippen MR) is 101 cm³/mol. The van der Waals surface area contributed by atoms with E-state index in [0.717, 1.165) is 23.7 Å². The molecule has 0 aromatic rings. The fraction of sp³-hybridized carbons (Fsp3) is 1.00. The molecule has 1 fully saturated rings. The van der Waals surface area contributed by atoms with Gasteiger partial charge in [-0.2, -0.15) is 0 Å². The molecule has 0 heteroatoms. The summed E-state index contributed by atoms with van der Waals surface area (Å²) < 4.78 is 0. The van der Waals surface area contributed by atoms with Crippen LogP contribution in [0.1, 0.15) is 118 Å². The van der Waals surface area contributed by atoms with Gasteiger partial charge >= 0.3 is 0 Å². The quantitative estimate of drug-likeness (QED) is 0.302. The first-order valence-corrected chi connectivity index (χ1v) is 10.7. The Morgan fingerprint density at radius 1 is 0.773 bits per heavy atom. The van der Waals surface area contributed by atoms with Crippen molar-refractivity contribution in [3.8, 4) is 0 Å². The summed E-state index contributed by atoms with van der Waals surface area (Å²) in [5, 5.41) is 0. The molecule has 0 aromatic heterocycles. The van der Waals surface area contributed by atoms with Crippen LogP contribution >= 0.6 is 0 Å². The molecule has 1 aliphatic carbocycles. The average Bonchev–Trinajstić information content (AvgIpc) is 2.99. The van der Waals surface area contributed by atoms with Crippen LogP contribution in [0.15, 0.2) is 0 Å². The molecule has 0 N–H and O–H groups in total. The second-order valence-corrected chi connectivity index (χ2v) is 8.26. The van der Waals surface area contributed by atoms with Gasteiger partial charge in [0, 0.05) is 0 Å². The van der Waals surface area contributed by atoms with E-state index in [1.807, 2.05) is 0 Å². The first-order valence-electron chi connectivity index (χ1n) is 10.7. The highest BCUT2D eigenvalue weighted by molar-refractivity contribution is 4.76. The Balaban J connectivity index is 2.21. The van der Waals surface area contributed by atoms with E-state index in [2.05, 4.69) is 27.7 Å². The molecule has 0 radical (unpaired) electrons. The lowest BCUT2D eigenvalue weighted by Crippen LogP contribution is -2.13. The van der Waals surface area contributed by atoms with E-state index in [1.165, 1.54) is 83.5 Å². The topological polar surface area (TPSA) is 0 Å². The van der Waals surface area contributed by atoms with Gasteiger partial charge in [0.2, 0.25) is 0 Å². The third-order valence-corrected chi connectivity index (χ3v) is 6.40. The van der Waals surface area contributed by atoms with Gasteiger partial charge in [0.1, 0.15) is 0 Å². The van der Waals surface area contributed by atoms with Crippen molar-refractivity contribution >= 4 is 0 Å². The largest absolute Gasteiger partial charge is 0.0654 e. The Hall–Kier alpha value is 0. The number of hydrogen-bond acceptors (Lipinski definition) is 0. The molecule has 0 aromatic carbocycles. The molecule has 0 spiro atoms. The van der Waals surface area contributed by atoms with Crippen molar-refractivity contribution in [3.05, 3.63) is 0 Å². The molecule has 1 saturated carbocycles. The third-order valence-electron chi connectivity index (χ3n) is 6.40. The van der Waals surface area contributed by atoms with E-state index >= 15 is 0 Å². The maximum absolute atomic E-state index is 2.55. The SMILES string of the molecule is CCCCCCCC(CCC)C(C)CCC1CCC(CC)C1. The van der Waals surface area contributed by atoms with Gasteiger partial charge in [0.15, 0.2) is 0 Å². The molecule has 0 saturated heterocycles. The average molecular weight is 309 g/mol. The van der Waals surface area contributed by atoms with Gasteiger partial charge in [-0.05, 0) is 30.1 Å². The molecule has 0 bridgehead atoms. The molecule has 22 heavy (non-hydrogen) atoms. The Bertz CT molecular complexity index is 244. The van der Waals surface area contributed by atoms with E-state index in [-0.39, 0.29) is 0 Å². The van der Waals surface area contributed by atoms with Crippen LogP contribution < -0.4 is 0 Å². The second-order valence-electron chi connectivity index (χ2n) is 8.26. The molecule has 1 rings (SSSR count). The maximum atomic E-state index is 2.55. The molecular formula is C22H44. The fourth-order valence-corrected chi connectivity index (χ4v) is 4.64. The summed E-state index contributed by atoms with van der Waals surface area (Å²) in [6.45, 7) is 9.62. The predicted octanol–water partition coefficient (Wildman–Crippen LogP) is 8.01. The van der Waals surface area contributed by atoms with Crippen LogP contribution in [0, 0.1) is 23.7 Å². The first kappa shape index (κ1) is 20.0. The van der Waals surface area contributed by atoms with E-state index in [0.29, 0.717) is 0 Å². The summed E-state index contributed by atoms with van der Waals surface area (Å²) in [5.74, 6) is 4.10. The van der Waals surface area contributed by atoms with Crippen molar-refractivity contribution in [3.63, 3.8) is 0 Å². The van der Waals surface area contributed by atoms with Crippen LogP contribution in [0.5, 0.6) is 0 Å². The minimum atomic E-state index is 0.965. The van der Waals surface area contributed by atoms with Crippen LogP contribution in [0.3, 0.4) is 0 Å². The normalized spacial score (nSPS) is 24.5. The zero-order chi connectivity index (χ0) is 16.2. The van der Waals surface area contributed by atoms with Crippen molar-refractivity contribution in [2.75, 3.05) is 0 Å². The Morgan fingerprint density at radius 2 is 1.50 bits per heavy atom. The van der Waals surface area contributed by atoms with Gasteiger partial charge in [-0.3, -0.25) is 0 Å². The van der Waals surface area contributed by atoms with Crippen molar-refractivity contribution in [2.24, 2.45) is 23.7 Å². The summed E-state index contributed by atoms with van der Waals surface area (Å²) in [5.41, 5.74) is 0. The molecule has 0 nitrogen and oxygen atoms in total. The highest BCUT2D eigenvalue weighted by Crippen LogP contribution is 2.37. The smallest absolute Gasteiger partial charge is 0.0389 e. The standard InChI is InChI=1S/C22H44/c1-5-8-9-10-11-13-22(12-6-2)19(4)14-15-21-17-16-20(7-3)18-21/h19-22H,5-18H2,1-4H3. The van der Waals surface area contributed by atoms with Crippen molar-refractivity contribution < 1.29 is 0 Å². The molecule has 132 valence electrons. The van der Waals surface area contributed by atoms with Gasteiger partial charge in [-0.15, -0.1) is 0 Å². The summed E-state index contributed by atoms with van der Waals surface area (Å²) in [6.07, 6.45) is 20.6. The van der Waals surface area contributed by atoms with Gasteiger partial charge in [0.05, 0.1) is 0 Å². The molecule has 0 amide bonds. The van der Waals surface area contributed by atoms with E-state index in [1.54, 1.807) is 6.42 Å². The highest BCUT2D eigenvalue weighted by atomic mass is 14.3. The number of hydrogen-bond donors (Lipinski definition) is 0. The third kappa shape index (κ3) is 8.02. The van der Waals surface area contributed by atoms with Crippen LogP contribution in [0.25, 0.3) is 0 Å². The monoisotopic (exact) mass is 308 g/mol. The first-order chi connectivity index (χ1) is 10.7. The zero-order valence-electron chi connectivity index (χ0n) is 16.2. The van der Waals surface area contributed by atoms with Crippen LogP contribution in [-0.4, -0.2) is 0 Å². The summed E-state index contributed by atoms with van der Waals surface area (Å²) >= 11 is 0. The van der Waals surface area contributed by atoms with Crippen LogP contribution in [0.4, 0.5) is 0 Å². The fourth-order valence-electron chi connectivity index (χ4n) is 4.64. The molecule has 4 unspecified atom stereocenters. The Labute approximate surface area is 141 Å². The van der Waals surface area contributed by atoms with Crippen molar-refractivity contribution in [1.29, 1.82) is 0 Å². The maximum Gasteiger partial charge on any atom is -0.0389 e. The lowest BCUT2D eigenvalue weighted by atomic mass is 9.81. The van der Waals surface area contributed by atoms with Crippen molar-refractivity contribution in [1.82, 2.24) is 0 Å². The van der Waals surface area contributed by atoms with Gasteiger partial charge in [-0.1, -0.05) is 111 Å². The molecule has 4 atom stereocenters. The van der Waals surface area contributed by atoms with Gasteiger partial charge in [-0.25, -0.2) is 0 Å². The van der Waals surface area contributed by atoms with Crippen LogP contribution in [0.2, 0.25) is 0 Å². The van der Waals surface area contributed by atoms with Gasteiger partial charge < -0.3 is 0 Å². The summed E-state index contributed by atoms with van der Waals surface area (Å²) in [4.78, 5) is 0. The number of unbranched alkanes of at least 4 members (excludes halogenated alkanes) is 4. The Kier molecular flexibility index (Phi) is 11.3. The summed E-state index contributed by atoms with van der Waals surface area (Å²) in [7, 11) is 0. The molecule has 0 aliphatic heterocycles. The van der Waals surface area contributed by atoms with Crippen molar-refractivity contribution in [2.45, 2.75) is 118 Å². The highest BCUT2D eigenvalue weighted by Gasteiger charge is 2.24. The Morgan fingerprint density at radius 3 is 2.14 bits per heavy atom. The molecular weight excluding hydrogens is 264 g/mol. The van der Waals surface area contributed by atoms with Gasteiger partial charge in [0.25, 0.3) is 0 Å². The molecule has 0 heterocycles. The van der Waals surface area contributed by atoms with E-state index in [4.69, 9.17) is 0 Å². The lowest BCUT2D eigenvalue weighted by molar-refractivity contribution is 0.267. The lowest BCUT2D eigenvalue weighted by Gasteiger charge is -2.25. The van der Waals surface area contributed by atoms with E-state index < -0.39 is 0 Å². The van der Waals surface area contributed by atoms with Crippen LogP contribution in [-0.2, 0) is 0 Å². The zero-order valence-corrected chi connectivity index (χ0v) is 16.2. The summed E-state index contributed by atoms with van der Waals surface area (Å²) in [6, 6.07) is 0. The second kappa shape index (κ2) is 12.4. The molecule has 1 aliphatic rings. The minimum Gasteiger partial charge on any atom is -0.0654 e.